The van der Waals surface area contributed by atoms with E-state index in [1.807, 2.05) is 26.0 Å². The fraction of sp³-hybridized carbons (Fsp3) is 0.400. The molecule has 2 rings (SSSR count). The van der Waals surface area contributed by atoms with Crippen LogP contribution in [0.1, 0.15) is 20.3 Å². The number of ether oxygens (including phenoxy) is 1. The molecule has 1 aliphatic carbocycles. The average Bonchev–Trinajstić information content (AvgIpc) is 2.24. The van der Waals surface area contributed by atoms with Crippen LogP contribution in [-0.2, 0) is 4.74 Å². The first-order valence-electron chi connectivity index (χ1n) is 4.08. The van der Waals surface area contributed by atoms with Gasteiger partial charge in [-0.15, -0.1) is 0 Å². The second-order valence-electron chi connectivity index (χ2n) is 3.88. The molecular weight excluding hydrogens is 152 g/mol. The van der Waals surface area contributed by atoms with Crippen molar-refractivity contribution in [3.05, 3.63) is 35.5 Å². The second kappa shape index (κ2) is 2.16. The lowest BCUT2D eigenvalue weighted by molar-refractivity contribution is 0.246. The summed E-state index contributed by atoms with van der Waals surface area (Å²) in [5, 5.41) is 9.73. The number of hydrogen-bond donors (Lipinski definition) is 1. The van der Waals surface area contributed by atoms with Gasteiger partial charge in [-0.1, -0.05) is 19.9 Å². The summed E-state index contributed by atoms with van der Waals surface area (Å²) in [6.07, 6.45) is 6.30. The highest BCUT2D eigenvalue weighted by Crippen LogP contribution is 2.45. The molecule has 0 aromatic rings. The van der Waals surface area contributed by atoms with E-state index in [-0.39, 0.29) is 5.41 Å². The molecule has 12 heavy (non-hydrogen) atoms. The monoisotopic (exact) mass is 164 g/mol. The minimum atomic E-state index is -0.160. The van der Waals surface area contributed by atoms with Gasteiger partial charge in [-0.05, 0) is 18.1 Å². The Morgan fingerprint density at radius 1 is 1.50 bits per heavy atom. The van der Waals surface area contributed by atoms with E-state index in [0.29, 0.717) is 11.5 Å². The highest BCUT2D eigenvalue weighted by Gasteiger charge is 2.37. The molecule has 1 heterocycles. The molecule has 0 atom stereocenters. The van der Waals surface area contributed by atoms with Crippen molar-refractivity contribution >= 4 is 0 Å². The van der Waals surface area contributed by atoms with E-state index in [1.165, 1.54) is 0 Å². The topological polar surface area (TPSA) is 29.5 Å². The molecule has 0 saturated heterocycles. The molecule has 64 valence electrons. The lowest BCUT2D eigenvalue weighted by atomic mass is 9.90. The van der Waals surface area contributed by atoms with Crippen LogP contribution in [0.15, 0.2) is 35.5 Å². The van der Waals surface area contributed by atoms with Crippen molar-refractivity contribution < 1.29 is 9.84 Å². The number of fused-ring (bicyclic) bond motifs is 1. The van der Waals surface area contributed by atoms with Crippen LogP contribution in [0.3, 0.4) is 0 Å². The summed E-state index contributed by atoms with van der Waals surface area (Å²) in [6, 6.07) is 0. The highest BCUT2D eigenvalue weighted by atomic mass is 16.5. The van der Waals surface area contributed by atoms with Crippen molar-refractivity contribution in [2.45, 2.75) is 20.3 Å². The molecule has 2 aliphatic rings. The van der Waals surface area contributed by atoms with Crippen molar-refractivity contribution in [1.29, 1.82) is 0 Å². The second-order valence-corrected chi connectivity index (χ2v) is 3.88. The Morgan fingerprint density at radius 2 is 2.25 bits per heavy atom. The molecule has 0 aromatic carbocycles. The number of hydrogen-bond acceptors (Lipinski definition) is 2. The summed E-state index contributed by atoms with van der Waals surface area (Å²) in [7, 11) is 0. The molecule has 0 radical (unpaired) electrons. The van der Waals surface area contributed by atoms with Crippen molar-refractivity contribution in [3.8, 4) is 0 Å². The molecule has 0 aromatic heterocycles. The molecule has 0 spiro atoms. The quantitative estimate of drug-likeness (QED) is 0.596. The number of rotatable bonds is 0. The zero-order valence-corrected chi connectivity index (χ0v) is 7.29. The lowest BCUT2D eigenvalue weighted by Crippen LogP contribution is -2.09. The third-order valence-electron chi connectivity index (χ3n) is 2.34. The van der Waals surface area contributed by atoms with Crippen molar-refractivity contribution in [2.75, 3.05) is 0 Å². The summed E-state index contributed by atoms with van der Waals surface area (Å²) in [5.74, 6) is 1.03. The summed E-state index contributed by atoms with van der Waals surface area (Å²) in [5.41, 5.74) is 0.938. The summed E-state index contributed by atoms with van der Waals surface area (Å²) < 4.78 is 5.23. The number of aliphatic hydroxyl groups excluding tert-OH is 1. The number of allylic oxidation sites excluding steroid dienone is 4. The van der Waals surface area contributed by atoms with Gasteiger partial charge in [0.1, 0.15) is 5.76 Å². The van der Waals surface area contributed by atoms with Crippen LogP contribution in [0.5, 0.6) is 0 Å². The van der Waals surface area contributed by atoms with Crippen LogP contribution >= 0.6 is 0 Å². The van der Waals surface area contributed by atoms with Crippen LogP contribution in [0.25, 0.3) is 0 Å². The van der Waals surface area contributed by atoms with Crippen molar-refractivity contribution in [3.63, 3.8) is 0 Å². The van der Waals surface area contributed by atoms with Gasteiger partial charge in [0.25, 0.3) is 0 Å². The zero-order valence-electron chi connectivity index (χ0n) is 7.29. The third kappa shape index (κ3) is 0.876. The lowest BCUT2D eigenvalue weighted by Gasteiger charge is -2.15. The Kier molecular flexibility index (Phi) is 1.34. The average molecular weight is 164 g/mol. The van der Waals surface area contributed by atoms with E-state index in [1.54, 1.807) is 6.26 Å². The van der Waals surface area contributed by atoms with Crippen LogP contribution in [0, 0.1) is 5.41 Å². The predicted molar refractivity (Wildman–Crippen MR) is 46.4 cm³/mol. The van der Waals surface area contributed by atoms with Crippen LogP contribution < -0.4 is 0 Å². The van der Waals surface area contributed by atoms with Gasteiger partial charge >= 0.3 is 0 Å². The van der Waals surface area contributed by atoms with E-state index in [2.05, 4.69) is 0 Å². The van der Waals surface area contributed by atoms with E-state index in [9.17, 15) is 5.11 Å². The third-order valence-corrected chi connectivity index (χ3v) is 2.34. The normalized spacial score (nSPS) is 25.0. The first kappa shape index (κ1) is 7.47. The maximum Gasteiger partial charge on any atom is 0.167 e. The molecule has 0 bridgehead atoms. The molecule has 0 amide bonds. The molecular formula is C10H12O2. The van der Waals surface area contributed by atoms with Gasteiger partial charge in [0.15, 0.2) is 5.76 Å². The van der Waals surface area contributed by atoms with Crippen LogP contribution in [-0.4, -0.2) is 5.11 Å². The Balaban J connectivity index is 2.47. The van der Waals surface area contributed by atoms with Crippen molar-refractivity contribution in [2.24, 2.45) is 5.41 Å². The van der Waals surface area contributed by atoms with Crippen LogP contribution in [0.4, 0.5) is 0 Å². The molecule has 1 aliphatic heterocycles. The summed E-state index contributed by atoms with van der Waals surface area (Å²) in [4.78, 5) is 0. The Bertz CT molecular complexity index is 306. The molecule has 1 N–H and O–H groups in total. The fourth-order valence-electron chi connectivity index (χ4n) is 1.63. The van der Waals surface area contributed by atoms with E-state index in [4.69, 9.17) is 4.74 Å². The summed E-state index contributed by atoms with van der Waals surface area (Å²) in [6.45, 7) is 4.02. The zero-order chi connectivity index (χ0) is 8.77. The van der Waals surface area contributed by atoms with E-state index in [0.717, 1.165) is 12.0 Å². The van der Waals surface area contributed by atoms with E-state index < -0.39 is 0 Å². The van der Waals surface area contributed by atoms with Gasteiger partial charge < -0.3 is 9.84 Å². The molecule has 2 heteroatoms. The highest BCUT2D eigenvalue weighted by molar-refractivity contribution is 5.42. The molecule has 0 fully saturated rings. The summed E-state index contributed by atoms with van der Waals surface area (Å²) >= 11 is 0. The van der Waals surface area contributed by atoms with Crippen LogP contribution in [0.2, 0.25) is 0 Å². The largest absolute Gasteiger partial charge is 0.508 e. The molecule has 0 saturated carbocycles. The van der Waals surface area contributed by atoms with Crippen molar-refractivity contribution in [1.82, 2.24) is 0 Å². The van der Waals surface area contributed by atoms with Gasteiger partial charge in [-0.25, -0.2) is 0 Å². The van der Waals surface area contributed by atoms with E-state index >= 15 is 0 Å². The number of aliphatic hydroxyl groups is 1. The SMILES string of the molecule is CC1(C)CC2=CC=COC2=C1O. The van der Waals surface area contributed by atoms with Gasteiger partial charge in [0.2, 0.25) is 0 Å². The molecule has 2 nitrogen and oxygen atoms in total. The fourth-order valence-corrected chi connectivity index (χ4v) is 1.63. The Hall–Kier alpha value is -1.18. The Morgan fingerprint density at radius 3 is 2.92 bits per heavy atom. The minimum Gasteiger partial charge on any atom is -0.508 e. The predicted octanol–water partition coefficient (Wildman–Crippen LogP) is 2.66. The Labute approximate surface area is 71.9 Å². The van der Waals surface area contributed by atoms with Gasteiger partial charge in [0, 0.05) is 5.41 Å². The maximum absolute atomic E-state index is 9.73. The van der Waals surface area contributed by atoms with Gasteiger partial charge in [-0.3, -0.25) is 0 Å². The first-order chi connectivity index (χ1) is 5.61. The molecule has 0 unspecified atom stereocenters. The smallest absolute Gasteiger partial charge is 0.167 e. The van der Waals surface area contributed by atoms with Gasteiger partial charge in [0.05, 0.1) is 6.26 Å². The maximum atomic E-state index is 9.73. The first-order valence-corrected chi connectivity index (χ1v) is 4.08. The van der Waals surface area contributed by atoms with Gasteiger partial charge in [-0.2, -0.15) is 0 Å². The minimum absolute atomic E-state index is 0.160. The standard InChI is InChI=1S/C10H12O2/c1-10(2)6-7-4-3-5-12-8(7)9(10)11/h3-5,11H,6H2,1-2H3.